The first-order valence-electron chi connectivity index (χ1n) is 7.38. The van der Waals surface area contributed by atoms with Crippen molar-refractivity contribution in [3.8, 4) is 0 Å². The lowest BCUT2D eigenvalue weighted by Crippen LogP contribution is -2.39. The van der Waals surface area contributed by atoms with E-state index in [0.717, 1.165) is 12.1 Å². The van der Waals surface area contributed by atoms with Gasteiger partial charge in [0.05, 0.1) is 5.56 Å². The van der Waals surface area contributed by atoms with Gasteiger partial charge in [0.15, 0.2) is 5.96 Å². The Morgan fingerprint density at radius 2 is 1.89 bits per heavy atom. The molecule has 3 nitrogen and oxygen atoms in total. The van der Waals surface area contributed by atoms with Crippen molar-refractivity contribution < 1.29 is 26.3 Å². The summed E-state index contributed by atoms with van der Waals surface area (Å²) in [4.78, 5) is 5.25. The molecule has 0 saturated carbocycles. The molecule has 27 heavy (non-hydrogen) atoms. The van der Waals surface area contributed by atoms with Crippen LogP contribution in [0.15, 0.2) is 53.6 Å². The zero-order chi connectivity index (χ0) is 20.5. The number of alkyl halides is 7. The molecule has 0 amide bonds. The number of halogens is 7. The van der Waals surface area contributed by atoms with Crippen LogP contribution < -0.4 is 10.6 Å². The van der Waals surface area contributed by atoms with Crippen LogP contribution in [0.25, 0.3) is 0 Å². The van der Waals surface area contributed by atoms with Crippen molar-refractivity contribution in [3.63, 3.8) is 0 Å². The number of allylic oxidation sites excluding steroid dienone is 2. The Morgan fingerprint density at radius 1 is 1.22 bits per heavy atom. The summed E-state index contributed by atoms with van der Waals surface area (Å²) in [5.41, 5.74) is 0.546. The fraction of sp³-hybridized carbons (Fsp3) is 0.312. The van der Waals surface area contributed by atoms with E-state index in [0.29, 0.717) is 0 Å². The second-order valence-electron chi connectivity index (χ2n) is 5.53. The number of rotatable bonds is 3. The normalized spacial score (nSPS) is 23.6. The van der Waals surface area contributed by atoms with Crippen molar-refractivity contribution in [2.24, 2.45) is 10.7 Å². The molecule has 1 aliphatic rings. The first-order valence-corrected chi connectivity index (χ1v) is 8.99. The molecule has 11 heteroatoms. The quantitative estimate of drug-likeness (QED) is 0.280. The standard InChI is InChI=1S/C16H14BrF6N3S/c1-26(11-6-4-5-10(9-11)15(18,19)20)13(24)25-12-7-2-3-8-14(12,17)27-16(21,22)23/h2-9,12H,1H3,(H2,24,25). The van der Waals surface area contributed by atoms with E-state index in [1.54, 1.807) is 0 Å². The van der Waals surface area contributed by atoms with Crippen LogP contribution in [0.1, 0.15) is 5.56 Å². The number of guanidine groups is 1. The van der Waals surface area contributed by atoms with E-state index in [1.165, 1.54) is 48.4 Å². The van der Waals surface area contributed by atoms with Gasteiger partial charge < -0.3 is 10.6 Å². The van der Waals surface area contributed by atoms with Crippen molar-refractivity contribution in [1.82, 2.24) is 0 Å². The van der Waals surface area contributed by atoms with Crippen molar-refractivity contribution >= 4 is 39.3 Å². The number of nitrogens with two attached hydrogens (primary N) is 1. The highest BCUT2D eigenvalue weighted by Gasteiger charge is 2.45. The van der Waals surface area contributed by atoms with Gasteiger partial charge in [-0.3, -0.25) is 0 Å². The number of hydrogen-bond donors (Lipinski definition) is 1. The van der Waals surface area contributed by atoms with Gasteiger partial charge in [0, 0.05) is 12.7 Å². The first-order chi connectivity index (χ1) is 12.3. The van der Waals surface area contributed by atoms with Crippen LogP contribution in [0.2, 0.25) is 0 Å². The summed E-state index contributed by atoms with van der Waals surface area (Å²) < 4.78 is 75.5. The molecule has 0 aromatic heterocycles. The number of anilines is 1. The van der Waals surface area contributed by atoms with Gasteiger partial charge in [-0.15, -0.1) is 0 Å². The summed E-state index contributed by atoms with van der Waals surface area (Å²) in [6.45, 7) is 0. The molecule has 1 aliphatic carbocycles. The Labute approximate surface area is 164 Å². The van der Waals surface area contributed by atoms with E-state index >= 15 is 0 Å². The van der Waals surface area contributed by atoms with E-state index in [4.69, 9.17) is 5.73 Å². The largest absolute Gasteiger partial charge is 0.443 e. The Hall–Kier alpha value is -1.62. The minimum atomic E-state index is -4.53. The summed E-state index contributed by atoms with van der Waals surface area (Å²) in [7, 11) is 1.38. The molecule has 2 N–H and O–H groups in total. The Morgan fingerprint density at radius 3 is 2.48 bits per heavy atom. The molecule has 2 unspecified atom stereocenters. The van der Waals surface area contributed by atoms with Gasteiger partial charge in [-0.25, -0.2) is 4.99 Å². The Kier molecular flexibility index (Phi) is 6.25. The highest BCUT2D eigenvalue weighted by molar-refractivity contribution is 9.12. The van der Waals surface area contributed by atoms with Gasteiger partial charge in [-0.05, 0) is 30.0 Å². The van der Waals surface area contributed by atoms with Crippen LogP contribution in [0, 0.1) is 0 Å². The summed E-state index contributed by atoms with van der Waals surface area (Å²) in [6.07, 6.45) is 1.12. The highest BCUT2D eigenvalue weighted by Crippen LogP contribution is 2.49. The summed E-state index contributed by atoms with van der Waals surface area (Å²) >= 11 is 2.74. The van der Waals surface area contributed by atoms with Crippen molar-refractivity contribution in [1.29, 1.82) is 0 Å². The number of aliphatic imine (C=N–C) groups is 1. The van der Waals surface area contributed by atoms with Crippen LogP contribution in [0.3, 0.4) is 0 Å². The lowest BCUT2D eigenvalue weighted by Gasteiger charge is -2.31. The lowest BCUT2D eigenvalue weighted by molar-refractivity contribution is -0.137. The van der Waals surface area contributed by atoms with E-state index in [2.05, 4.69) is 20.9 Å². The second kappa shape index (κ2) is 7.78. The summed E-state index contributed by atoms with van der Waals surface area (Å²) in [6, 6.07) is 3.36. The fourth-order valence-corrected chi connectivity index (χ4v) is 3.95. The zero-order valence-corrected chi connectivity index (χ0v) is 16.1. The Balaban J connectivity index is 2.30. The molecule has 2 rings (SSSR count). The van der Waals surface area contributed by atoms with Gasteiger partial charge in [0.2, 0.25) is 0 Å². The van der Waals surface area contributed by atoms with Crippen LogP contribution in [-0.2, 0) is 6.18 Å². The number of hydrogen-bond acceptors (Lipinski definition) is 2. The maximum atomic E-state index is 12.9. The summed E-state index contributed by atoms with van der Waals surface area (Å²) in [5.74, 6) is -0.231. The zero-order valence-electron chi connectivity index (χ0n) is 13.7. The van der Waals surface area contributed by atoms with E-state index < -0.39 is 26.9 Å². The third-order valence-electron chi connectivity index (χ3n) is 3.58. The maximum Gasteiger partial charge on any atom is 0.443 e. The molecular formula is C16H14BrF6N3S. The smallest absolute Gasteiger partial charge is 0.370 e. The second-order valence-corrected chi connectivity index (χ2v) is 8.71. The van der Waals surface area contributed by atoms with Gasteiger partial charge in [0.1, 0.15) is 9.70 Å². The molecule has 148 valence electrons. The molecular weight excluding hydrogens is 460 g/mol. The van der Waals surface area contributed by atoms with Crippen molar-refractivity contribution in [2.45, 2.75) is 21.4 Å². The molecule has 0 radical (unpaired) electrons. The SMILES string of the molecule is CN(C(N)=NC1C=CC=CC1(Br)SC(F)(F)F)c1cccc(C(F)(F)F)c1. The van der Waals surface area contributed by atoms with E-state index in [1.807, 2.05) is 0 Å². The van der Waals surface area contributed by atoms with Crippen LogP contribution in [-0.4, -0.2) is 28.2 Å². The fourth-order valence-electron chi connectivity index (χ4n) is 2.24. The topological polar surface area (TPSA) is 41.6 Å². The molecule has 2 atom stereocenters. The highest BCUT2D eigenvalue weighted by atomic mass is 79.9. The number of thioether (sulfide) groups is 1. The number of nitrogens with zero attached hydrogens (tertiary/aromatic N) is 2. The average Bonchev–Trinajstić information content (AvgIpc) is 2.54. The van der Waals surface area contributed by atoms with Crippen molar-refractivity contribution in [2.75, 3.05) is 11.9 Å². The van der Waals surface area contributed by atoms with Crippen LogP contribution in [0.5, 0.6) is 0 Å². The molecule has 0 fully saturated rings. The first kappa shape index (κ1) is 21.7. The molecule has 1 aromatic rings. The van der Waals surface area contributed by atoms with Crippen LogP contribution in [0.4, 0.5) is 32.0 Å². The molecule has 0 saturated heterocycles. The minimum Gasteiger partial charge on any atom is -0.370 e. The summed E-state index contributed by atoms with van der Waals surface area (Å²) in [5, 5.41) is 0. The molecule has 0 bridgehead atoms. The van der Waals surface area contributed by atoms with Crippen molar-refractivity contribution in [3.05, 3.63) is 54.1 Å². The van der Waals surface area contributed by atoms with Gasteiger partial charge in [0.25, 0.3) is 0 Å². The molecule has 0 spiro atoms. The van der Waals surface area contributed by atoms with Crippen LogP contribution >= 0.6 is 27.7 Å². The van der Waals surface area contributed by atoms with Gasteiger partial charge >= 0.3 is 11.7 Å². The predicted octanol–water partition coefficient (Wildman–Crippen LogP) is 5.30. The van der Waals surface area contributed by atoms with Gasteiger partial charge in [-0.1, -0.05) is 46.3 Å². The molecule has 0 aliphatic heterocycles. The average molecular weight is 474 g/mol. The lowest BCUT2D eigenvalue weighted by atomic mass is 10.1. The van der Waals surface area contributed by atoms with E-state index in [9.17, 15) is 26.3 Å². The van der Waals surface area contributed by atoms with E-state index in [-0.39, 0.29) is 23.4 Å². The maximum absolute atomic E-state index is 12.9. The molecule has 1 aromatic carbocycles. The predicted molar refractivity (Wildman–Crippen MR) is 98.8 cm³/mol. The molecule has 0 heterocycles. The third kappa shape index (κ3) is 5.68. The minimum absolute atomic E-state index is 0.102. The Bertz CT molecular complexity index is 774. The van der Waals surface area contributed by atoms with Gasteiger partial charge in [-0.2, -0.15) is 26.3 Å². The monoisotopic (exact) mass is 473 g/mol. The third-order valence-corrected chi connectivity index (χ3v) is 5.72. The number of benzene rings is 1.